The van der Waals surface area contributed by atoms with Crippen LogP contribution >= 0.6 is 22.7 Å². The van der Waals surface area contributed by atoms with E-state index in [2.05, 4.69) is 16.4 Å². The molecule has 0 saturated heterocycles. The molecule has 0 radical (unpaired) electrons. The maximum absolute atomic E-state index is 13.7. The van der Waals surface area contributed by atoms with Gasteiger partial charge in [-0.1, -0.05) is 35.6 Å². The molecule has 2 aromatic heterocycles. The van der Waals surface area contributed by atoms with E-state index in [0.29, 0.717) is 6.42 Å². The van der Waals surface area contributed by atoms with Gasteiger partial charge in [-0.05, 0) is 41.3 Å². The van der Waals surface area contributed by atoms with Crippen molar-refractivity contribution in [3.8, 4) is 9.88 Å². The van der Waals surface area contributed by atoms with E-state index in [1.54, 1.807) is 53.0 Å². The summed E-state index contributed by atoms with van der Waals surface area (Å²) < 4.78 is 46.6. The molecule has 5 N–H and O–H groups in total. The van der Waals surface area contributed by atoms with Gasteiger partial charge in [-0.2, -0.15) is 13.4 Å². The number of nitrogens with two attached hydrogens (primary N) is 1. The second kappa shape index (κ2) is 9.25. The molecule has 0 spiro atoms. The lowest BCUT2D eigenvalue weighted by Gasteiger charge is -2.12. The maximum atomic E-state index is 13.7. The van der Waals surface area contributed by atoms with Crippen molar-refractivity contribution in [2.75, 3.05) is 4.72 Å². The Balaban J connectivity index is 1.59. The summed E-state index contributed by atoms with van der Waals surface area (Å²) in [6.07, 6.45) is 0.625. The zero-order valence-electron chi connectivity index (χ0n) is 16.2. The first kappa shape index (κ1) is 21.6. The molecule has 31 heavy (non-hydrogen) atoms. The first-order valence-electron chi connectivity index (χ1n) is 9.35. The second-order valence-electron chi connectivity index (χ2n) is 6.93. The molecule has 0 unspecified atom stereocenters. The van der Waals surface area contributed by atoms with Gasteiger partial charge in [0.05, 0.1) is 11.1 Å². The molecule has 4 aromatic rings. The number of rotatable bonds is 8. The molecule has 0 aliphatic heterocycles. The average molecular weight is 478 g/mol. The lowest BCUT2D eigenvalue weighted by molar-refractivity contribution is -0.633. The van der Waals surface area contributed by atoms with Gasteiger partial charge in [-0.15, -0.1) is 11.3 Å². The molecule has 2 heterocycles. The Bertz CT molecular complexity index is 1260. The topological polar surface area (TPSA) is 97.2 Å². The summed E-state index contributed by atoms with van der Waals surface area (Å²) in [5.41, 5.74) is 3.04. The molecule has 0 amide bonds. The standard InChI is InChI=1S/C21H18FN3O3S3/c22-15-3-1-4-17(12-15)23-18(19-13-30-21(24-19)20-5-2-10-29-20)11-14-6-8-16(9-7-14)25-31(26,27)28/h1-10,12-13,18,23,25H,11H2,(H,26,27,28)/p+2/t18-/m0/s1. The van der Waals surface area contributed by atoms with Crippen molar-refractivity contribution in [2.24, 2.45) is 0 Å². The van der Waals surface area contributed by atoms with Gasteiger partial charge in [0.25, 0.3) is 5.01 Å². The number of aromatic nitrogens is 1. The summed E-state index contributed by atoms with van der Waals surface area (Å²) in [5, 5.41) is 7.19. The van der Waals surface area contributed by atoms with E-state index in [0.717, 1.165) is 26.8 Å². The number of hydrogen-bond donors (Lipinski definition) is 3. The van der Waals surface area contributed by atoms with Crippen LogP contribution in [-0.4, -0.2) is 13.0 Å². The van der Waals surface area contributed by atoms with Crippen LogP contribution in [-0.2, 0) is 16.7 Å². The minimum Gasteiger partial charge on any atom is -0.302 e. The Morgan fingerprint density at radius 2 is 1.90 bits per heavy atom. The monoisotopic (exact) mass is 477 g/mol. The highest BCUT2D eigenvalue weighted by molar-refractivity contribution is 7.87. The lowest BCUT2D eigenvalue weighted by Crippen LogP contribution is -2.80. The predicted octanol–water partition coefficient (Wildman–Crippen LogP) is 3.82. The van der Waals surface area contributed by atoms with Crippen LogP contribution < -0.4 is 15.0 Å². The van der Waals surface area contributed by atoms with Gasteiger partial charge >= 0.3 is 10.3 Å². The Morgan fingerprint density at radius 3 is 2.58 bits per heavy atom. The van der Waals surface area contributed by atoms with E-state index < -0.39 is 10.3 Å². The van der Waals surface area contributed by atoms with Gasteiger partial charge < -0.3 is 5.32 Å². The molecule has 1 atom stereocenters. The number of nitrogens with one attached hydrogen (secondary N) is 2. The highest BCUT2D eigenvalue weighted by atomic mass is 32.2. The minimum absolute atomic E-state index is 0.0489. The Kier molecular flexibility index (Phi) is 6.44. The number of benzene rings is 2. The Hall–Kier alpha value is -2.63. The molecular formula is C21H20FN3O3S3+2. The number of thiazole rings is 1. The highest BCUT2D eigenvalue weighted by Gasteiger charge is 2.26. The molecule has 0 aliphatic carbocycles. The van der Waals surface area contributed by atoms with E-state index in [9.17, 15) is 12.8 Å². The van der Waals surface area contributed by atoms with Gasteiger partial charge in [0.15, 0.2) is 6.04 Å². The van der Waals surface area contributed by atoms with Crippen LogP contribution in [0.25, 0.3) is 9.88 Å². The zero-order chi connectivity index (χ0) is 21.8. The van der Waals surface area contributed by atoms with Crippen molar-refractivity contribution in [3.05, 3.63) is 88.5 Å². The summed E-state index contributed by atoms with van der Waals surface area (Å²) in [5.74, 6) is -0.290. The number of hydrogen-bond acceptors (Lipinski definition) is 4. The first-order chi connectivity index (χ1) is 14.9. The van der Waals surface area contributed by atoms with E-state index in [1.165, 1.54) is 12.1 Å². The molecule has 0 fully saturated rings. The number of quaternary nitrogens is 1. The molecule has 4 rings (SSSR count). The van der Waals surface area contributed by atoms with Crippen LogP contribution in [0.15, 0.2) is 71.4 Å². The molecule has 6 nitrogen and oxygen atoms in total. The summed E-state index contributed by atoms with van der Waals surface area (Å²) in [6, 6.07) is 17.3. The van der Waals surface area contributed by atoms with Crippen LogP contribution in [0.2, 0.25) is 0 Å². The largest absolute Gasteiger partial charge is 0.357 e. The van der Waals surface area contributed by atoms with E-state index in [1.807, 2.05) is 27.6 Å². The quantitative estimate of drug-likeness (QED) is 0.266. The van der Waals surface area contributed by atoms with Crippen LogP contribution in [0.5, 0.6) is 0 Å². The van der Waals surface area contributed by atoms with E-state index >= 15 is 0 Å². The summed E-state index contributed by atoms with van der Waals surface area (Å²) in [7, 11) is -4.31. The fourth-order valence-electron chi connectivity index (χ4n) is 3.23. The smallest absolute Gasteiger partial charge is 0.302 e. The van der Waals surface area contributed by atoms with Crippen LogP contribution in [0.4, 0.5) is 15.8 Å². The van der Waals surface area contributed by atoms with Crippen LogP contribution in [0, 0.1) is 5.82 Å². The third kappa shape index (κ3) is 5.96. The molecule has 2 aromatic carbocycles. The normalized spacial score (nSPS) is 12.6. The zero-order valence-corrected chi connectivity index (χ0v) is 18.6. The average Bonchev–Trinajstić information content (AvgIpc) is 3.40. The lowest BCUT2D eigenvalue weighted by atomic mass is 10.0. The van der Waals surface area contributed by atoms with Crippen molar-refractivity contribution in [1.82, 2.24) is 0 Å². The third-order valence-electron chi connectivity index (χ3n) is 4.60. The molecular weight excluding hydrogens is 457 g/mol. The highest BCUT2D eigenvalue weighted by Crippen LogP contribution is 2.27. The van der Waals surface area contributed by atoms with Crippen LogP contribution in [0.1, 0.15) is 17.3 Å². The van der Waals surface area contributed by atoms with Gasteiger partial charge in [0.1, 0.15) is 16.4 Å². The van der Waals surface area contributed by atoms with Gasteiger partial charge in [0.2, 0.25) is 5.69 Å². The molecule has 0 aliphatic rings. The van der Waals surface area contributed by atoms with Gasteiger partial charge in [0, 0.05) is 12.5 Å². The number of thiophene rings is 1. The fourth-order valence-corrected chi connectivity index (χ4v) is 5.41. The van der Waals surface area contributed by atoms with Crippen molar-refractivity contribution in [3.63, 3.8) is 0 Å². The number of aromatic amines is 1. The third-order valence-corrected chi connectivity index (χ3v) is 7.04. The Morgan fingerprint density at radius 1 is 1.10 bits per heavy atom. The predicted molar refractivity (Wildman–Crippen MR) is 120 cm³/mol. The SMILES string of the molecule is O=S(=O)(O)Nc1ccc(C[C@H]([NH2+]c2cccc(F)c2)c2csc(-c3cccs3)[nH+]2)cc1. The molecule has 160 valence electrons. The van der Waals surface area contributed by atoms with Crippen molar-refractivity contribution < 1.29 is 27.7 Å². The summed E-state index contributed by atoms with van der Waals surface area (Å²) in [6.45, 7) is 0. The molecule has 10 heteroatoms. The molecule has 0 saturated carbocycles. The Labute approximate surface area is 187 Å². The number of anilines is 1. The van der Waals surface area contributed by atoms with Gasteiger partial charge in [-0.3, -0.25) is 9.27 Å². The fraction of sp³-hybridized carbons (Fsp3) is 0.0952. The molecule has 0 bridgehead atoms. The van der Waals surface area contributed by atoms with Gasteiger partial charge in [-0.25, -0.2) is 4.39 Å². The van der Waals surface area contributed by atoms with Crippen molar-refractivity contribution in [1.29, 1.82) is 0 Å². The number of H-pyrrole nitrogens is 1. The summed E-state index contributed by atoms with van der Waals surface area (Å²) >= 11 is 3.28. The van der Waals surface area contributed by atoms with E-state index in [-0.39, 0.29) is 17.5 Å². The number of halogens is 1. The maximum Gasteiger partial charge on any atom is 0.357 e. The van der Waals surface area contributed by atoms with E-state index in [4.69, 9.17) is 4.55 Å². The van der Waals surface area contributed by atoms with Crippen molar-refractivity contribution >= 4 is 44.4 Å². The van der Waals surface area contributed by atoms with Crippen LogP contribution in [0.3, 0.4) is 0 Å². The summed E-state index contributed by atoms with van der Waals surface area (Å²) in [4.78, 5) is 4.65. The van der Waals surface area contributed by atoms with Crippen molar-refractivity contribution in [2.45, 2.75) is 12.5 Å². The minimum atomic E-state index is -4.31. The second-order valence-corrected chi connectivity index (χ2v) is 9.91. The first-order valence-corrected chi connectivity index (χ1v) is 12.5.